The Morgan fingerprint density at radius 1 is 1.17 bits per heavy atom. The number of hydrogen-bond donors (Lipinski definition) is 1. The van der Waals surface area contributed by atoms with E-state index >= 15 is 0 Å². The lowest BCUT2D eigenvalue weighted by Crippen LogP contribution is -2.23. The van der Waals surface area contributed by atoms with E-state index in [2.05, 4.69) is 27.1 Å². The molecular weight excluding hydrogens is 340 g/mol. The van der Waals surface area contributed by atoms with Crippen LogP contribution in [0.1, 0.15) is 22.2 Å². The summed E-state index contributed by atoms with van der Waals surface area (Å²) < 4.78 is 10.8. The number of rotatable bonds is 8. The number of nitrogens with zero attached hydrogens (tertiary/aromatic N) is 1. The van der Waals surface area contributed by atoms with Gasteiger partial charge in [0.1, 0.15) is 16.5 Å². The second kappa shape index (κ2) is 8.28. The molecule has 1 N–H and O–H groups in total. The minimum atomic E-state index is 0.176. The molecule has 0 saturated heterocycles. The Morgan fingerprint density at radius 2 is 2.08 bits per heavy atom. The van der Waals surface area contributed by atoms with Crippen LogP contribution in [0.15, 0.2) is 46.6 Å². The van der Waals surface area contributed by atoms with Gasteiger partial charge in [-0.1, -0.05) is 0 Å². The van der Waals surface area contributed by atoms with Crippen LogP contribution in [-0.4, -0.2) is 19.2 Å². The number of nitrogens with one attached hydrogen (secondary N) is 1. The van der Waals surface area contributed by atoms with E-state index in [0.29, 0.717) is 6.54 Å². The normalized spacial score (nSPS) is 12.1. The number of ether oxygens (including phenoxy) is 2. The van der Waals surface area contributed by atoms with Crippen molar-refractivity contribution in [2.45, 2.75) is 19.0 Å². The molecule has 0 radical (unpaired) electrons. The first kappa shape index (κ1) is 17.0. The molecule has 126 valence electrons. The van der Waals surface area contributed by atoms with Gasteiger partial charge >= 0.3 is 0 Å². The van der Waals surface area contributed by atoms with E-state index in [9.17, 15) is 0 Å². The van der Waals surface area contributed by atoms with E-state index in [1.165, 1.54) is 5.56 Å². The van der Waals surface area contributed by atoms with Crippen molar-refractivity contribution in [3.05, 3.63) is 62.7 Å². The van der Waals surface area contributed by atoms with Crippen LogP contribution >= 0.6 is 22.7 Å². The third-order valence-electron chi connectivity index (χ3n) is 3.80. The van der Waals surface area contributed by atoms with Crippen molar-refractivity contribution in [3.8, 4) is 11.5 Å². The van der Waals surface area contributed by atoms with Gasteiger partial charge in [0.25, 0.3) is 0 Å². The van der Waals surface area contributed by atoms with Gasteiger partial charge in [-0.05, 0) is 47.0 Å². The smallest absolute Gasteiger partial charge is 0.123 e. The maximum atomic E-state index is 5.47. The maximum Gasteiger partial charge on any atom is 0.123 e. The SMILES string of the molecule is COc1ccc(OC)c(CN[C@H](Cc2ccsc2)c2nccs2)c1. The summed E-state index contributed by atoms with van der Waals surface area (Å²) in [5.74, 6) is 1.69. The number of thiazole rings is 1. The first-order valence-electron chi connectivity index (χ1n) is 7.65. The molecule has 0 fully saturated rings. The van der Waals surface area contributed by atoms with Crippen LogP contribution in [0.5, 0.6) is 11.5 Å². The van der Waals surface area contributed by atoms with Gasteiger partial charge in [0.15, 0.2) is 0 Å². The third kappa shape index (κ3) is 4.14. The van der Waals surface area contributed by atoms with Gasteiger partial charge in [-0.15, -0.1) is 11.3 Å². The zero-order valence-corrected chi connectivity index (χ0v) is 15.3. The van der Waals surface area contributed by atoms with Crippen LogP contribution in [0, 0.1) is 0 Å². The summed E-state index contributed by atoms with van der Waals surface area (Å²) in [6, 6.07) is 8.20. The summed E-state index contributed by atoms with van der Waals surface area (Å²) >= 11 is 3.40. The Balaban J connectivity index is 1.76. The van der Waals surface area contributed by atoms with E-state index in [0.717, 1.165) is 28.5 Å². The van der Waals surface area contributed by atoms with E-state index in [1.807, 2.05) is 29.8 Å². The summed E-state index contributed by atoms with van der Waals surface area (Å²) in [5.41, 5.74) is 2.40. The monoisotopic (exact) mass is 360 g/mol. The van der Waals surface area contributed by atoms with Crippen LogP contribution in [0.4, 0.5) is 0 Å². The molecule has 0 aliphatic carbocycles. The zero-order chi connectivity index (χ0) is 16.8. The van der Waals surface area contributed by atoms with Crippen molar-refractivity contribution in [1.29, 1.82) is 0 Å². The van der Waals surface area contributed by atoms with Gasteiger partial charge in [-0.2, -0.15) is 11.3 Å². The van der Waals surface area contributed by atoms with Crippen molar-refractivity contribution in [2.24, 2.45) is 0 Å². The topological polar surface area (TPSA) is 43.4 Å². The molecule has 0 unspecified atom stereocenters. The Labute approximate surface area is 150 Å². The predicted octanol–water partition coefficient (Wildman–Crippen LogP) is 4.30. The molecule has 0 spiro atoms. The third-order valence-corrected chi connectivity index (χ3v) is 5.42. The highest BCUT2D eigenvalue weighted by molar-refractivity contribution is 7.09. The number of aromatic nitrogens is 1. The Hall–Kier alpha value is -1.89. The number of thiophene rings is 1. The summed E-state index contributed by atoms with van der Waals surface area (Å²) in [4.78, 5) is 4.49. The summed E-state index contributed by atoms with van der Waals surface area (Å²) in [6.07, 6.45) is 2.78. The Morgan fingerprint density at radius 3 is 2.75 bits per heavy atom. The molecule has 2 aromatic heterocycles. The lowest BCUT2D eigenvalue weighted by molar-refractivity contribution is 0.395. The van der Waals surface area contributed by atoms with Gasteiger partial charge in [0.05, 0.1) is 20.3 Å². The van der Waals surface area contributed by atoms with Gasteiger partial charge in [0.2, 0.25) is 0 Å². The van der Waals surface area contributed by atoms with E-state index in [4.69, 9.17) is 9.47 Å². The number of hydrogen-bond acceptors (Lipinski definition) is 6. The molecule has 3 rings (SSSR count). The van der Waals surface area contributed by atoms with E-state index in [-0.39, 0.29) is 6.04 Å². The Kier molecular flexibility index (Phi) is 5.85. The molecule has 4 nitrogen and oxygen atoms in total. The van der Waals surface area contributed by atoms with Gasteiger partial charge < -0.3 is 14.8 Å². The molecule has 0 bridgehead atoms. The number of benzene rings is 1. The molecule has 3 aromatic rings. The second-order valence-electron chi connectivity index (χ2n) is 5.32. The highest BCUT2D eigenvalue weighted by atomic mass is 32.1. The molecule has 1 atom stereocenters. The summed E-state index contributed by atoms with van der Waals surface area (Å²) in [7, 11) is 3.36. The lowest BCUT2D eigenvalue weighted by Gasteiger charge is -2.18. The molecular formula is C18H20N2O2S2. The average molecular weight is 361 g/mol. The molecule has 0 aliphatic rings. The fraction of sp³-hybridized carbons (Fsp3) is 0.278. The minimum Gasteiger partial charge on any atom is -0.497 e. The van der Waals surface area contributed by atoms with Crippen molar-refractivity contribution >= 4 is 22.7 Å². The molecule has 0 amide bonds. The predicted molar refractivity (Wildman–Crippen MR) is 99.3 cm³/mol. The fourth-order valence-electron chi connectivity index (χ4n) is 2.55. The van der Waals surface area contributed by atoms with Crippen LogP contribution < -0.4 is 14.8 Å². The van der Waals surface area contributed by atoms with Crippen LogP contribution in [-0.2, 0) is 13.0 Å². The fourth-order valence-corrected chi connectivity index (χ4v) is 3.95. The molecule has 0 aliphatic heterocycles. The van der Waals surface area contributed by atoms with Crippen LogP contribution in [0.3, 0.4) is 0 Å². The lowest BCUT2D eigenvalue weighted by atomic mass is 10.1. The largest absolute Gasteiger partial charge is 0.497 e. The van der Waals surface area contributed by atoms with Crippen molar-refractivity contribution in [2.75, 3.05) is 14.2 Å². The van der Waals surface area contributed by atoms with Crippen LogP contribution in [0.25, 0.3) is 0 Å². The van der Waals surface area contributed by atoms with Gasteiger partial charge in [-0.25, -0.2) is 4.98 Å². The van der Waals surface area contributed by atoms with Crippen LogP contribution in [0.2, 0.25) is 0 Å². The second-order valence-corrected chi connectivity index (χ2v) is 7.02. The summed E-state index contributed by atoms with van der Waals surface area (Å²) in [5, 5.41) is 11.0. The standard InChI is InChI=1S/C18H20N2O2S2/c1-21-15-3-4-17(22-2)14(10-15)11-20-16(18-19-6-8-24-18)9-13-5-7-23-12-13/h3-8,10,12,16,20H,9,11H2,1-2H3/t16-/m1/s1. The average Bonchev–Trinajstić information content (AvgIpc) is 3.31. The zero-order valence-electron chi connectivity index (χ0n) is 13.7. The quantitative estimate of drug-likeness (QED) is 0.651. The van der Waals surface area contributed by atoms with Crippen molar-refractivity contribution in [3.63, 3.8) is 0 Å². The van der Waals surface area contributed by atoms with E-state index < -0.39 is 0 Å². The molecule has 6 heteroatoms. The highest BCUT2D eigenvalue weighted by Gasteiger charge is 2.16. The molecule has 2 heterocycles. The molecule has 0 saturated carbocycles. The number of methoxy groups -OCH3 is 2. The molecule has 1 aromatic carbocycles. The Bertz CT molecular complexity index is 742. The first-order chi connectivity index (χ1) is 11.8. The first-order valence-corrected chi connectivity index (χ1v) is 9.47. The maximum absolute atomic E-state index is 5.47. The van der Waals surface area contributed by atoms with E-state index in [1.54, 1.807) is 36.9 Å². The molecule has 24 heavy (non-hydrogen) atoms. The minimum absolute atomic E-state index is 0.176. The van der Waals surface area contributed by atoms with Crippen molar-refractivity contribution in [1.82, 2.24) is 10.3 Å². The highest BCUT2D eigenvalue weighted by Crippen LogP contribution is 2.26. The summed E-state index contributed by atoms with van der Waals surface area (Å²) in [6.45, 7) is 0.689. The van der Waals surface area contributed by atoms with Gasteiger partial charge in [0, 0.05) is 23.7 Å². The van der Waals surface area contributed by atoms with Crippen molar-refractivity contribution < 1.29 is 9.47 Å². The van der Waals surface area contributed by atoms with Gasteiger partial charge in [-0.3, -0.25) is 0 Å².